The molecule has 0 unspecified atom stereocenters. The molecule has 1 aromatic rings. The minimum absolute atomic E-state index is 0.154. The van der Waals surface area contributed by atoms with Crippen molar-refractivity contribution in [2.45, 2.75) is 31.7 Å². The van der Waals surface area contributed by atoms with Crippen molar-refractivity contribution >= 4 is 34.7 Å². The molecule has 26 heavy (non-hydrogen) atoms. The van der Waals surface area contributed by atoms with Crippen molar-refractivity contribution in [1.29, 1.82) is 5.41 Å². The Morgan fingerprint density at radius 1 is 1.50 bits per heavy atom. The number of nitrogens with zero attached hydrogens (tertiary/aromatic N) is 1. The normalized spacial score (nSPS) is 23.7. The van der Waals surface area contributed by atoms with Gasteiger partial charge in [-0.2, -0.15) is 0 Å². The molecule has 0 saturated heterocycles. The number of amidine groups is 1. The number of carbonyl (C=O) groups excluding carboxylic acids is 1. The molecule has 1 fully saturated rings. The minimum atomic E-state index is -0.770. The molecular formula is C18H22FN5OS. The van der Waals surface area contributed by atoms with Gasteiger partial charge in [0.25, 0.3) is 5.91 Å². The molecule has 0 aromatic heterocycles. The summed E-state index contributed by atoms with van der Waals surface area (Å²) >= 11 is 1.45. The van der Waals surface area contributed by atoms with E-state index in [1.54, 1.807) is 6.07 Å². The average molecular weight is 375 g/mol. The van der Waals surface area contributed by atoms with Crippen LogP contribution in [0.15, 0.2) is 34.5 Å². The van der Waals surface area contributed by atoms with E-state index in [4.69, 9.17) is 16.9 Å². The first-order valence-electron chi connectivity index (χ1n) is 8.43. The monoisotopic (exact) mass is 375 g/mol. The molecule has 1 aliphatic carbocycles. The zero-order valence-electron chi connectivity index (χ0n) is 14.5. The van der Waals surface area contributed by atoms with Gasteiger partial charge in [-0.15, -0.1) is 0 Å². The highest BCUT2D eigenvalue weighted by atomic mass is 32.2. The smallest absolute Gasteiger partial charge is 0.258 e. The molecule has 2 aliphatic rings. The van der Waals surface area contributed by atoms with Crippen LogP contribution in [0, 0.1) is 17.1 Å². The van der Waals surface area contributed by atoms with Crippen LogP contribution in [0.5, 0.6) is 0 Å². The molecular weight excluding hydrogens is 353 g/mol. The minimum Gasteiger partial charge on any atom is -0.401 e. The first-order chi connectivity index (χ1) is 12.3. The average Bonchev–Trinajstić information content (AvgIpc) is 3.42. The van der Waals surface area contributed by atoms with E-state index in [0.29, 0.717) is 28.5 Å². The van der Waals surface area contributed by atoms with E-state index < -0.39 is 17.3 Å². The Bertz CT molecular complexity index is 818. The summed E-state index contributed by atoms with van der Waals surface area (Å²) in [7, 11) is 0. The molecule has 3 rings (SSSR count). The van der Waals surface area contributed by atoms with E-state index in [9.17, 15) is 9.18 Å². The van der Waals surface area contributed by atoms with Gasteiger partial charge in [0.05, 0.1) is 11.1 Å². The fraction of sp³-hybridized carbons (Fsp3) is 0.389. The number of nitrogens with two attached hydrogens (primary N) is 2. The van der Waals surface area contributed by atoms with Crippen LogP contribution in [0.25, 0.3) is 0 Å². The van der Waals surface area contributed by atoms with Crippen molar-refractivity contribution < 1.29 is 9.18 Å². The summed E-state index contributed by atoms with van der Waals surface area (Å²) in [6, 6.07) is 4.37. The summed E-state index contributed by atoms with van der Waals surface area (Å²) in [5, 5.41) is 10.6. The lowest BCUT2D eigenvalue weighted by Gasteiger charge is -2.30. The summed E-state index contributed by atoms with van der Waals surface area (Å²) in [6.45, 7) is 1.83. The lowest BCUT2D eigenvalue weighted by molar-refractivity contribution is -0.112. The predicted octanol–water partition coefficient (Wildman–Crippen LogP) is 2.70. The maximum atomic E-state index is 14.4. The Balaban J connectivity index is 1.88. The number of anilines is 1. The second kappa shape index (κ2) is 7.11. The topological polar surface area (TPSA) is 117 Å². The third-order valence-corrected chi connectivity index (χ3v) is 5.51. The number of benzene rings is 1. The number of aliphatic imine (C=N–C) groups is 1. The van der Waals surface area contributed by atoms with E-state index in [-0.39, 0.29) is 11.5 Å². The Labute approximate surface area is 155 Å². The van der Waals surface area contributed by atoms with E-state index in [1.807, 2.05) is 6.92 Å². The van der Waals surface area contributed by atoms with Crippen LogP contribution in [0.2, 0.25) is 0 Å². The number of nitrogens with one attached hydrogen (secondary N) is 2. The highest BCUT2D eigenvalue weighted by Crippen LogP contribution is 2.38. The van der Waals surface area contributed by atoms with Gasteiger partial charge in [0, 0.05) is 28.9 Å². The Hall–Kier alpha value is -2.35. The highest BCUT2D eigenvalue weighted by molar-refractivity contribution is 8.13. The third kappa shape index (κ3) is 3.75. The number of halogens is 1. The number of hydrogen-bond donors (Lipinski definition) is 4. The summed E-state index contributed by atoms with van der Waals surface area (Å²) in [5.41, 5.74) is 12.4. The Morgan fingerprint density at radius 2 is 2.23 bits per heavy atom. The second-order valence-corrected chi connectivity index (χ2v) is 7.87. The van der Waals surface area contributed by atoms with E-state index >= 15 is 0 Å². The molecule has 6 N–H and O–H groups in total. The lowest BCUT2D eigenvalue weighted by atomic mass is 9.89. The number of carbonyl (C=O) groups is 1. The number of rotatable bonds is 5. The standard InChI is InChI=1S/C18H22FN5OS/c1-18(6-7-26-17(22)24-18)13-8-11(4-5-14(13)19)23-16(25)12(9-20)15(21)10-2-3-10/h4-5,8-10,20H,2-3,6-7,21H2,1H3,(H2,22,24)(H,23,25)/t18-/m0/s1. The second-order valence-electron chi connectivity index (χ2n) is 6.76. The van der Waals surface area contributed by atoms with Crippen LogP contribution in [-0.2, 0) is 10.3 Å². The summed E-state index contributed by atoms with van der Waals surface area (Å²) < 4.78 is 14.4. The molecule has 0 radical (unpaired) electrons. The molecule has 1 aromatic carbocycles. The van der Waals surface area contributed by atoms with Crippen molar-refractivity contribution in [3.05, 3.63) is 40.8 Å². The first-order valence-corrected chi connectivity index (χ1v) is 9.42. The zero-order chi connectivity index (χ0) is 18.9. The Kier molecular flexibility index (Phi) is 5.04. The van der Waals surface area contributed by atoms with Crippen molar-refractivity contribution in [3.63, 3.8) is 0 Å². The van der Waals surface area contributed by atoms with Gasteiger partial charge >= 0.3 is 0 Å². The number of amides is 1. The quantitative estimate of drug-likeness (QED) is 0.467. The molecule has 138 valence electrons. The van der Waals surface area contributed by atoms with Crippen molar-refractivity contribution in [1.82, 2.24) is 0 Å². The zero-order valence-corrected chi connectivity index (χ0v) is 15.3. The van der Waals surface area contributed by atoms with Crippen molar-refractivity contribution in [2.24, 2.45) is 22.4 Å². The van der Waals surface area contributed by atoms with Gasteiger partial charge in [-0.05, 0) is 50.3 Å². The van der Waals surface area contributed by atoms with E-state index in [1.165, 1.54) is 23.9 Å². The number of hydrogen-bond acceptors (Lipinski definition) is 6. The fourth-order valence-corrected chi connectivity index (χ4v) is 3.96. The highest BCUT2D eigenvalue weighted by Gasteiger charge is 2.33. The maximum absolute atomic E-state index is 14.4. The van der Waals surface area contributed by atoms with Crippen molar-refractivity contribution in [3.8, 4) is 0 Å². The molecule has 1 aliphatic heterocycles. The summed E-state index contributed by atoms with van der Waals surface area (Å²) in [5.74, 6) is 0.0705. The summed E-state index contributed by atoms with van der Waals surface area (Å²) in [4.78, 5) is 16.9. The van der Waals surface area contributed by atoms with Crippen LogP contribution in [0.4, 0.5) is 10.1 Å². The van der Waals surface area contributed by atoms with Crippen LogP contribution in [0.1, 0.15) is 31.7 Å². The van der Waals surface area contributed by atoms with E-state index in [0.717, 1.165) is 24.8 Å². The van der Waals surface area contributed by atoms with Gasteiger partial charge in [-0.25, -0.2) is 4.39 Å². The van der Waals surface area contributed by atoms with Gasteiger partial charge < -0.3 is 22.2 Å². The van der Waals surface area contributed by atoms with Crippen LogP contribution in [-0.4, -0.2) is 23.0 Å². The Morgan fingerprint density at radius 3 is 2.85 bits per heavy atom. The molecule has 0 bridgehead atoms. The maximum Gasteiger partial charge on any atom is 0.258 e. The molecule has 8 heteroatoms. The molecule has 1 amide bonds. The first kappa shape index (κ1) is 18.4. The van der Waals surface area contributed by atoms with Crippen LogP contribution >= 0.6 is 11.8 Å². The van der Waals surface area contributed by atoms with E-state index in [2.05, 4.69) is 10.3 Å². The van der Waals surface area contributed by atoms with Gasteiger partial charge in [-0.3, -0.25) is 9.79 Å². The SMILES string of the molecule is C[C@@]1(c2cc(NC(=O)C(C=N)=C(N)C3CC3)ccc2F)CCSC(N)=N1. The van der Waals surface area contributed by atoms with Gasteiger partial charge in [0.15, 0.2) is 5.17 Å². The lowest BCUT2D eigenvalue weighted by Crippen LogP contribution is -2.30. The van der Waals surface area contributed by atoms with Crippen LogP contribution in [0.3, 0.4) is 0 Å². The molecule has 0 spiro atoms. The third-order valence-electron chi connectivity index (χ3n) is 4.72. The fourth-order valence-electron chi connectivity index (χ4n) is 2.99. The van der Waals surface area contributed by atoms with Crippen LogP contribution < -0.4 is 16.8 Å². The molecule has 6 nitrogen and oxygen atoms in total. The number of thioether (sulfide) groups is 1. The van der Waals surface area contributed by atoms with Crippen molar-refractivity contribution in [2.75, 3.05) is 11.1 Å². The van der Waals surface area contributed by atoms with Gasteiger partial charge in [0.1, 0.15) is 5.82 Å². The molecule has 1 atom stereocenters. The van der Waals surface area contributed by atoms with Gasteiger partial charge in [0.2, 0.25) is 0 Å². The number of allylic oxidation sites excluding steroid dienone is 1. The van der Waals surface area contributed by atoms with Gasteiger partial charge in [-0.1, -0.05) is 11.8 Å². The summed E-state index contributed by atoms with van der Waals surface area (Å²) in [6.07, 6.45) is 3.49. The molecule has 1 saturated carbocycles. The molecule has 1 heterocycles. The largest absolute Gasteiger partial charge is 0.401 e. The predicted molar refractivity (Wildman–Crippen MR) is 104 cm³/mol.